The molecule has 1 aromatic carbocycles. The van der Waals surface area contributed by atoms with Crippen molar-refractivity contribution in [2.24, 2.45) is 5.92 Å². The zero-order chi connectivity index (χ0) is 17.6. The van der Waals surface area contributed by atoms with Gasteiger partial charge in [0.05, 0.1) is 11.9 Å². The molecule has 1 N–H and O–H groups in total. The monoisotopic (exact) mass is 360 g/mol. The van der Waals surface area contributed by atoms with E-state index < -0.39 is 16.1 Å². The number of nitrogens with zero attached hydrogens (tertiary/aromatic N) is 1. The lowest BCUT2D eigenvalue weighted by atomic mass is 10.1. The molecule has 0 radical (unpaired) electrons. The molecule has 1 aromatic rings. The predicted octanol–water partition coefficient (Wildman–Crippen LogP) is 3.05. The van der Waals surface area contributed by atoms with Gasteiger partial charge in [0.2, 0.25) is 15.9 Å². The van der Waals surface area contributed by atoms with Crippen molar-refractivity contribution in [3.63, 3.8) is 0 Å². The van der Waals surface area contributed by atoms with Gasteiger partial charge in [-0.2, -0.15) is 0 Å². The Labute approximate surface area is 144 Å². The number of anilines is 1. The van der Waals surface area contributed by atoms with Gasteiger partial charge in [-0.15, -0.1) is 0 Å². The number of nitrogens with one attached hydrogen (secondary N) is 1. The fraction of sp³-hybridized carbons (Fsp3) is 0.562. The van der Waals surface area contributed by atoms with Crippen LogP contribution in [0.2, 0.25) is 5.02 Å². The van der Waals surface area contributed by atoms with Crippen molar-refractivity contribution in [1.82, 2.24) is 5.32 Å². The molecule has 1 atom stereocenters. The van der Waals surface area contributed by atoms with Gasteiger partial charge in [-0.1, -0.05) is 38.4 Å². The molecule has 0 unspecified atom stereocenters. The van der Waals surface area contributed by atoms with Crippen molar-refractivity contribution in [2.45, 2.75) is 39.7 Å². The van der Waals surface area contributed by atoms with Gasteiger partial charge in [0.1, 0.15) is 6.04 Å². The summed E-state index contributed by atoms with van der Waals surface area (Å²) in [5.74, 6) is 0.174. The highest BCUT2D eigenvalue weighted by Gasteiger charge is 2.31. The normalized spacial score (nSPS) is 13.0. The van der Waals surface area contributed by atoms with Crippen LogP contribution in [0.5, 0.6) is 0 Å². The van der Waals surface area contributed by atoms with Gasteiger partial charge in [0.25, 0.3) is 0 Å². The maximum atomic E-state index is 12.5. The summed E-state index contributed by atoms with van der Waals surface area (Å²) in [5.41, 5.74) is 0.394. The maximum Gasteiger partial charge on any atom is 0.243 e. The van der Waals surface area contributed by atoms with Crippen molar-refractivity contribution in [2.75, 3.05) is 17.1 Å². The van der Waals surface area contributed by atoms with E-state index in [9.17, 15) is 13.2 Å². The van der Waals surface area contributed by atoms with Crippen LogP contribution in [0.15, 0.2) is 24.3 Å². The lowest BCUT2D eigenvalue weighted by Crippen LogP contribution is -2.49. The Kier molecular flexibility index (Phi) is 7.35. The summed E-state index contributed by atoms with van der Waals surface area (Å²) in [4.78, 5) is 12.5. The Hall–Kier alpha value is -1.27. The van der Waals surface area contributed by atoms with Crippen LogP contribution in [0.3, 0.4) is 0 Å². The Morgan fingerprint density at radius 3 is 2.48 bits per heavy atom. The van der Waals surface area contributed by atoms with Gasteiger partial charge < -0.3 is 5.32 Å². The predicted molar refractivity (Wildman–Crippen MR) is 95.3 cm³/mol. The second-order valence-electron chi connectivity index (χ2n) is 5.94. The molecule has 0 fully saturated rings. The van der Waals surface area contributed by atoms with E-state index in [0.717, 1.165) is 17.0 Å². The molecule has 0 aromatic heterocycles. The highest BCUT2D eigenvalue weighted by molar-refractivity contribution is 7.92. The first-order valence-electron chi connectivity index (χ1n) is 7.69. The third kappa shape index (κ3) is 6.03. The van der Waals surface area contributed by atoms with Gasteiger partial charge in [-0.25, -0.2) is 8.42 Å². The van der Waals surface area contributed by atoms with Gasteiger partial charge in [0.15, 0.2) is 0 Å². The van der Waals surface area contributed by atoms with Crippen molar-refractivity contribution in [3.8, 4) is 0 Å². The van der Waals surface area contributed by atoms with E-state index in [1.807, 2.05) is 0 Å². The zero-order valence-corrected chi connectivity index (χ0v) is 15.6. The molecule has 0 saturated heterocycles. The van der Waals surface area contributed by atoms with Gasteiger partial charge in [-0.05, 0) is 37.0 Å². The smallest absolute Gasteiger partial charge is 0.243 e. The van der Waals surface area contributed by atoms with E-state index in [2.05, 4.69) is 19.2 Å². The summed E-state index contributed by atoms with van der Waals surface area (Å²) in [6.45, 7) is 6.45. The molecule has 0 aliphatic rings. The van der Waals surface area contributed by atoms with Crippen LogP contribution in [0.25, 0.3) is 0 Å². The van der Waals surface area contributed by atoms with Crippen molar-refractivity contribution in [3.05, 3.63) is 29.3 Å². The third-order valence-electron chi connectivity index (χ3n) is 3.41. The number of rotatable bonds is 8. The molecule has 0 aliphatic carbocycles. The number of carbonyl (C=O) groups is 1. The molecule has 130 valence electrons. The van der Waals surface area contributed by atoms with Gasteiger partial charge in [0, 0.05) is 11.6 Å². The highest BCUT2D eigenvalue weighted by Crippen LogP contribution is 2.25. The lowest BCUT2D eigenvalue weighted by Gasteiger charge is -2.30. The number of carbonyl (C=O) groups excluding carboxylic acids is 1. The van der Waals surface area contributed by atoms with Crippen LogP contribution in [0, 0.1) is 5.92 Å². The Balaban J connectivity index is 3.06. The summed E-state index contributed by atoms with van der Waals surface area (Å²) < 4.78 is 25.6. The molecule has 0 saturated carbocycles. The quantitative estimate of drug-likeness (QED) is 0.774. The summed E-state index contributed by atoms with van der Waals surface area (Å²) >= 11 is 5.96. The van der Waals surface area contributed by atoms with Crippen molar-refractivity contribution >= 4 is 33.2 Å². The average Bonchev–Trinajstić information content (AvgIpc) is 2.42. The van der Waals surface area contributed by atoms with E-state index in [-0.39, 0.29) is 5.91 Å². The van der Waals surface area contributed by atoms with E-state index in [4.69, 9.17) is 11.6 Å². The standard InChI is InChI=1S/C16H25ClN2O3S/c1-5-15(16(20)18-10-9-12(2)3)19(23(4,21)22)14-8-6-7-13(17)11-14/h6-8,11-12,15H,5,9-10H2,1-4H3,(H,18,20)/t15-/m0/s1. The largest absolute Gasteiger partial charge is 0.354 e. The van der Waals surface area contributed by atoms with E-state index >= 15 is 0 Å². The highest BCUT2D eigenvalue weighted by atomic mass is 35.5. The average molecular weight is 361 g/mol. The van der Waals surface area contributed by atoms with Crippen molar-refractivity contribution < 1.29 is 13.2 Å². The molecule has 0 aliphatic heterocycles. The number of benzene rings is 1. The molecule has 0 bridgehead atoms. The van der Waals surface area contributed by atoms with Crippen LogP contribution >= 0.6 is 11.6 Å². The SMILES string of the molecule is CC[C@@H](C(=O)NCCC(C)C)N(c1cccc(Cl)c1)S(C)(=O)=O. The third-order valence-corrected chi connectivity index (χ3v) is 4.83. The number of amides is 1. The lowest BCUT2D eigenvalue weighted by molar-refractivity contribution is -0.122. The Morgan fingerprint density at radius 1 is 1.35 bits per heavy atom. The minimum absolute atomic E-state index is 0.293. The first-order valence-corrected chi connectivity index (χ1v) is 9.92. The maximum absolute atomic E-state index is 12.5. The first kappa shape index (κ1) is 19.8. The fourth-order valence-electron chi connectivity index (χ4n) is 2.28. The summed E-state index contributed by atoms with van der Waals surface area (Å²) in [7, 11) is -3.62. The molecule has 0 spiro atoms. The molecule has 7 heteroatoms. The van der Waals surface area contributed by atoms with E-state index in [1.165, 1.54) is 0 Å². The van der Waals surface area contributed by atoms with Crippen LogP contribution < -0.4 is 9.62 Å². The van der Waals surface area contributed by atoms with Crippen molar-refractivity contribution in [1.29, 1.82) is 0 Å². The molecule has 1 amide bonds. The van der Waals surface area contributed by atoms with E-state index in [1.54, 1.807) is 31.2 Å². The molecule has 0 heterocycles. The minimum atomic E-state index is -3.62. The molecule has 5 nitrogen and oxygen atoms in total. The topological polar surface area (TPSA) is 66.5 Å². The summed E-state index contributed by atoms with van der Waals surface area (Å²) in [6, 6.07) is 5.72. The fourth-order valence-corrected chi connectivity index (χ4v) is 3.66. The molecular formula is C16H25ClN2O3S. The summed E-state index contributed by atoms with van der Waals surface area (Å²) in [5, 5.41) is 3.25. The molecular weight excluding hydrogens is 336 g/mol. The number of hydrogen-bond acceptors (Lipinski definition) is 3. The first-order chi connectivity index (χ1) is 10.7. The number of halogens is 1. The number of hydrogen-bond donors (Lipinski definition) is 1. The molecule has 23 heavy (non-hydrogen) atoms. The van der Waals surface area contributed by atoms with Crippen LogP contribution in [-0.2, 0) is 14.8 Å². The summed E-state index contributed by atoms with van der Waals surface area (Å²) in [6.07, 6.45) is 2.31. The number of sulfonamides is 1. The van der Waals surface area contributed by atoms with Crippen LogP contribution in [-0.4, -0.2) is 33.2 Å². The van der Waals surface area contributed by atoms with Crippen LogP contribution in [0.4, 0.5) is 5.69 Å². The van der Waals surface area contributed by atoms with Gasteiger partial charge in [-0.3, -0.25) is 9.10 Å². The zero-order valence-electron chi connectivity index (χ0n) is 14.0. The van der Waals surface area contributed by atoms with Gasteiger partial charge >= 0.3 is 0 Å². The second kappa shape index (κ2) is 8.55. The molecule has 1 rings (SSSR count). The Morgan fingerprint density at radius 2 is 2.00 bits per heavy atom. The van der Waals surface area contributed by atoms with Crippen LogP contribution in [0.1, 0.15) is 33.6 Å². The van der Waals surface area contributed by atoms with E-state index in [0.29, 0.717) is 29.6 Å². The minimum Gasteiger partial charge on any atom is -0.354 e. The second-order valence-corrected chi connectivity index (χ2v) is 8.23. The Bertz CT molecular complexity index is 632.